The van der Waals surface area contributed by atoms with Crippen LogP contribution in [0.2, 0.25) is 0 Å². The third kappa shape index (κ3) is 63.9. The number of allylic oxidation sites excluding steroid dienone is 7. The molecule has 0 saturated carbocycles. The average Bonchev–Trinajstić information content (AvgIpc) is 3.42. The monoisotopic (exact) mass is 1130 g/mol. The molecule has 0 aliphatic rings. The predicted octanol–water partition coefficient (Wildman–Crippen LogP) is 21.2. The Balaban J connectivity index is 4.01. The fraction of sp³-hybridized carbons (Fsp3) is 0.871. The highest BCUT2D eigenvalue weighted by atomic mass is 31.2. The molecule has 0 aromatic heterocycles. The van der Waals surface area contributed by atoms with Crippen LogP contribution in [0.1, 0.15) is 341 Å². The van der Waals surface area contributed by atoms with Crippen molar-refractivity contribution in [2.75, 3.05) is 40.9 Å². The van der Waals surface area contributed by atoms with Crippen molar-refractivity contribution in [1.29, 1.82) is 0 Å². The molecule has 1 amide bonds. The minimum absolute atomic E-state index is 0.00576. The molecule has 2 N–H and O–H groups in total. The molecule has 0 aliphatic carbocycles. The van der Waals surface area contributed by atoms with Crippen LogP contribution in [0.5, 0.6) is 0 Å². The first kappa shape index (κ1) is 77.5. The van der Waals surface area contributed by atoms with Gasteiger partial charge in [0, 0.05) is 6.42 Å². The number of unbranched alkanes of at least 4 members (excludes halogenated alkanes) is 45. The number of aliphatic hydroxyl groups is 1. The Morgan fingerprint density at radius 3 is 1.10 bits per heavy atom. The van der Waals surface area contributed by atoms with Crippen LogP contribution < -0.4 is 10.2 Å². The van der Waals surface area contributed by atoms with Gasteiger partial charge in [-0.2, -0.15) is 0 Å². The van der Waals surface area contributed by atoms with E-state index in [1.165, 1.54) is 276 Å². The molecule has 0 spiro atoms. The fourth-order valence-electron chi connectivity index (χ4n) is 10.4. The summed E-state index contributed by atoms with van der Waals surface area (Å²) in [5.41, 5.74) is 0. The maximum atomic E-state index is 13.0. The molecule has 0 aromatic rings. The first-order valence-corrected chi connectivity index (χ1v) is 36.0. The Kier molecular flexibility index (Phi) is 59.8. The van der Waals surface area contributed by atoms with Gasteiger partial charge in [0.2, 0.25) is 5.91 Å². The van der Waals surface area contributed by atoms with Crippen LogP contribution in [0.3, 0.4) is 0 Å². The number of nitrogens with one attached hydrogen (secondary N) is 1. The SMILES string of the molecule is CCCCCCCCCCCCCCC/C=C\C/C=C\CCCCCCCCCCCCCCCCCCCC(=O)NC(COP(=O)([O-])OCC[N+](C)(C)C)C(O)/C=C/CC/C=C/CCCCCCCCCCCCCCCC. The minimum atomic E-state index is -4.61. The fourth-order valence-corrected chi connectivity index (χ4v) is 11.1. The van der Waals surface area contributed by atoms with Gasteiger partial charge < -0.3 is 28.8 Å². The van der Waals surface area contributed by atoms with E-state index in [0.717, 1.165) is 44.9 Å². The van der Waals surface area contributed by atoms with Crippen molar-refractivity contribution in [3.63, 3.8) is 0 Å². The molecule has 466 valence electrons. The Labute approximate surface area is 492 Å². The zero-order chi connectivity index (χ0) is 57.7. The highest BCUT2D eigenvalue weighted by molar-refractivity contribution is 7.45. The van der Waals surface area contributed by atoms with Crippen LogP contribution in [0.4, 0.5) is 0 Å². The molecule has 0 aliphatic heterocycles. The number of amides is 1. The molecule has 8 nitrogen and oxygen atoms in total. The Bertz CT molecular complexity index is 1430. The van der Waals surface area contributed by atoms with Crippen LogP contribution in [-0.2, 0) is 18.4 Å². The van der Waals surface area contributed by atoms with Crippen LogP contribution >= 0.6 is 7.82 Å². The molecule has 9 heteroatoms. The second kappa shape index (κ2) is 61.0. The van der Waals surface area contributed by atoms with Gasteiger partial charge in [-0.15, -0.1) is 0 Å². The molecule has 3 atom stereocenters. The van der Waals surface area contributed by atoms with Crippen LogP contribution in [0.15, 0.2) is 48.6 Å². The van der Waals surface area contributed by atoms with E-state index >= 15 is 0 Å². The normalized spacial score (nSPS) is 14.0. The molecule has 0 radical (unpaired) electrons. The van der Waals surface area contributed by atoms with Crippen molar-refractivity contribution in [3.05, 3.63) is 48.6 Å². The number of hydrogen-bond acceptors (Lipinski definition) is 6. The van der Waals surface area contributed by atoms with E-state index in [1.807, 2.05) is 27.2 Å². The molecule has 0 fully saturated rings. The number of carbonyl (C=O) groups excluding carboxylic acids is 1. The summed E-state index contributed by atoms with van der Waals surface area (Å²) in [7, 11) is 1.25. The van der Waals surface area contributed by atoms with Gasteiger partial charge in [0.15, 0.2) is 0 Å². The quantitative estimate of drug-likeness (QED) is 0.0272. The van der Waals surface area contributed by atoms with Crippen molar-refractivity contribution in [2.24, 2.45) is 0 Å². The van der Waals surface area contributed by atoms with Crippen molar-refractivity contribution >= 4 is 13.7 Å². The van der Waals surface area contributed by atoms with E-state index in [-0.39, 0.29) is 12.5 Å². The second-order valence-electron chi connectivity index (χ2n) is 24.9. The summed E-state index contributed by atoms with van der Waals surface area (Å²) >= 11 is 0. The molecular weight excluding hydrogens is 996 g/mol. The first-order valence-electron chi connectivity index (χ1n) is 34.5. The molecule has 3 unspecified atom stereocenters. The number of likely N-dealkylation sites (N-methyl/N-ethyl adjacent to an activating group) is 1. The molecule has 0 bridgehead atoms. The van der Waals surface area contributed by atoms with Crippen molar-refractivity contribution in [1.82, 2.24) is 5.32 Å². The zero-order valence-corrected chi connectivity index (χ0v) is 54.2. The van der Waals surface area contributed by atoms with Crippen molar-refractivity contribution < 1.29 is 32.9 Å². The number of quaternary nitrogens is 1. The molecule has 79 heavy (non-hydrogen) atoms. The molecular formula is C70H135N2O6P. The summed E-state index contributed by atoms with van der Waals surface area (Å²) in [5.74, 6) is -0.202. The van der Waals surface area contributed by atoms with E-state index in [2.05, 4.69) is 55.6 Å². The number of phosphoric ester groups is 1. The maximum Gasteiger partial charge on any atom is 0.268 e. The van der Waals surface area contributed by atoms with Crippen LogP contribution in [0.25, 0.3) is 0 Å². The lowest BCUT2D eigenvalue weighted by Gasteiger charge is -2.29. The van der Waals surface area contributed by atoms with Gasteiger partial charge in [0.05, 0.1) is 39.9 Å². The lowest BCUT2D eigenvalue weighted by atomic mass is 10.0. The highest BCUT2D eigenvalue weighted by Gasteiger charge is 2.23. The van der Waals surface area contributed by atoms with Crippen molar-refractivity contribution in [3.8, 4) is 0 Å². The lowest BCUT2D eigenvalue weighted by Crippen LogP contribution is -2.45. The number of aliphatic hydroxyl groups excluding tert-OH is 1. The Morgan fingerprint density at radius 2 is 0.747 bits per heavy atom. The Morgan fingerprint density at radius 1 is 0.443 bits per heavy atom. The van der Waals surface area contributed by atoms with Gasteiger partial charge in [-0.25, -0.2) is 0 Å². The predicted molar refractivity (Wildman–Crippen MR) is 344 cm³/mol. The van der Waals surface area contributed by atoms with E-state index in [1.54, 1.807) is 6.08 Å². The molecule has 0 saturated heterocycles. The van der Waals surface area contributed by atoms with Gasteiger partial charge in [0.25, 0.3) is 7.82 Å². The molecule has 0 heterocycles. The summed E-state index contributed by atoms with van der Waals surface area (Å²) in [6.45, 7) is 4.67. The number of nitrogens with zero attached hydrogens (tertiary/aromatic N) is 1. The average molecular weight is 1130 g/mol. The summed E-state index contributed by atoms with van der Waals surface area (Å²) < 4.78 is 23.4. The lowest BCUT2D eigenvalue weighted by molar-refractivity contribution is -0.870. The molecule has 0 rings (SSSR count). The second-order valence-corrected chi connectivity index (χ2v) is 26.3. The summed E-state index contributed by atoms with van der Waals surface area (Å²) in [6.07, 6.45) is 82.4. The van der Waals surface area contributed by atoms with E-state index in [0.29, 0.717) is 17.4 Å². The topological polar surface area (TPSA) is 108 Å². The smallest absolute Gasteiger partial charge is 0.268 e. The summed E-state index contributed by atoms with van der Waals surface area (Å²) in [5, 5.41) is 13.9. The Hall–Kier alpha value is -1.54. The van der Waals surface area contributed by atoms with Gasteiger partial charge in [-0.3, -0.25) is 9.36 Å². The minimum Gasteiger partial charge on any atom is -0.756 e. The van der Waals surface area contributed by atoms with Crippen molar-refractivity contribution in [2.45, 2.75) is 353 Å². The van der Waals surface area contributed by atoms with Gasteiger partial charge in [-0.1, -0.05) is 319 Å². The number of carbonyl (C=O) groups is 1. The third-order valence-corrected chi connectivity index (χ3v) is 16.7. The summed E-state index contributed by atoms with van der Waals surface area (Å²) in [4.78, 5) is 25.6. The standard InChI is InChI=1S/C70H135N2O6P/c1-6-8-10-12-14-16-18-20-22-24-26-28-29-30-31-32-33-34-35-36-37-38-39-40-41-42-43-44-46-48-50-52-54-56-58-60-62-64-70(74)71-68(67-78-79(75,76)77-66-65-72(3,4)5)69(73)63-61-59-57-55-53-51-49-47-45-27-25-23-21-19-17-15-13-11-9-7-2/h31-32,34-35,53,55,61,63,68-69,73H,6-30,33,36-52,54,56-60,62,64-67H2,1-5H3,(H-,71,74,75,76)/b32-31-,35-34-,55-53+,63-61+. The zero-order valence-electron chi connectivity index (χ0n) is 53.3. The van der Waals surface area contributed by atoms with Gasteiger partial charge in [0.1, 0.15) is 13.2 Å². The van der Waals surface area contributed by atoms with Crippen LogP contribution in [-0.4, -0.2) is 68.5 Å². The molecule has 0 aromatic carbocycles. The number of phosphoric acid groups is 1. The van der Waals surface area contributed by atoms with Gasteiger partial charge in [-0.05, 0) is 64.2 Å². The van der Waals surface area contributed by atoms with E-state index in [4.69, 9.17) is 9.05 Å². The van der Waals surface area contributed by atoms with Crippen LogP contribution in [0, 0.1) is 0 Å². The van der Waals surface area contributed by atoms with E-state index in [9.17, 15) is 19.4 Å². The van der Waals surface area contributed by atoms with Gasteiger partial charge >= 0.3 is 0 Å². The number of rotatable bonds is 64. The third-order valence-electron chi connectivity index (χ3n) is 15.8. The largest absolute Gasteiger partial charge is 0.756 e. The first-order chi connectivity index (χ1) is 38.5. The summed E-state index contributed by atoms with van der Waals surface area (Å²) in [6, 6.07) is -0.904. The highest BCUT2D eigenvalue weighted by Crippen LogP contribution is 2.38. The number of hydrogen-bond donors (Lipinski definition) is 2. The maximum absolute atomic E-state index is 13.0. The van der Waals surface area contributed by atoms with E-state index < -0.39 is 26.6 Å².